The van der Waals surface area contributed by atoms with Crippen molar-refractivity contribution in [3.8, 4) is 5.40 Å². The highest BCUT2D eigenvalue weighted by atomic mass is 32.2. The number of ketones is 2. The first kappa shape index (κ1) is 28.7. The third-order valence-corrected chi connectivity index (χ3v) is 10.9. The molecule has 6 nitrogen and oxygen atoms in total. The maximum atomic E-state index is 13.9. The number of hydrogen-bond donors (Lipinski definition) is 0. The molecule has 40 heavy (non-hydrogen) atoms. The number of thiocyanates is 1. The Morgan fingerprint density at radius 2 is 1.85 bits per heavy atom. The first-order valence-electron chi connectivity index (χ1n) is 14.7. The summed E-state index contributed by atoms with van der Waals surface area (Å²) in [5.41, 5.74) is 4.60. The third kappa shape index (κ3) is 4.62. The highest BCUT2D eigenvalue weighted by Gasteiger charge is 2.68. The van der Waals surface area contributed by atoms with Crippen LogP contribution in [0, 0.1) is 27.9 Å². The number of nitriles is 1. The van der Waals surface area contributed by atoms with Crippen LogP contribution >= 0.6 is 11.8 Å². The van der Waals surface area contributed by atoms with Crippen molar-refractivity contribution in [3.63, 3.8) is 0 Å². The van der Waals surface area contributed by atoms with Gasteiger partial charge >= 0.3 is 5.97 Å². The molecule has 0 aromatic heterocycles. The van der Waals surface area contributed by atoms with Gasteiger partial charge in [0, 0.05) is 43.5 Å². The van der Waals surface area contributed by atoms with Gasteiger partial charge in [0.1, 0.15) is 5.40 Å². The van der Waals surface area contributed by atoms with Gasteiger partial charge in [-0.25, -0.2) is 0 Å². The van der Waals surface area contributed by atoms with Crippen LogP contribution < -0.4 is 4.90 Å². The lowest BCUT2D eigenvalue weighted by molar-refractivity contribution is -0.182. The second-order valence-electron chi connectivity index (χ2n) is 12.0. The molecular weight excluding hydrogens is 520 g/mol. The Hall–Kier alpha value is -2.85. The highest BCUT2D eigenvalue weighted by Crippen LogP contribution is 2.68. The molecule has 4 aliphatic carbocycles. The molecule has 0 N–H and O–H groups in total. The van der Waals surface area contributed by atoms with Gasteiger partial charge in [0.25, 0.3) is 0 Å². The quantitative estimate of drug-likeness (QED) is 0.264. The zero-order valence-electron chi connectivity index (χ0n) is 24.1. The molecule has 0 radical (unpaired) electrons. The molecule has 0 aliphatic heterocycles. The van der Waals surface area contributed by atoms with Crippen molar-refractivity contribution in [1.82, 2.24) is 0 Å². The summed E-state index contributed by atoms with van der Waals surface area (Å²) in [6.45, 7) is 9.75. The number of benzene rings is 1. The SMILES string of the molecule is CCN(CC)c1ccc([C@H]2C[C@@]3(C)[C@@H](CC[C@]3(OC(C)=O)C(=O)CSC#N)[C@@H]3CCC4=CC(=O)CCC4=C32)cc1. The predicted octanol–water partition coefficient (Wildman–Crippen LogP) is 6.52. The number of carbonyl (C=O) groups is 3. The Bertz CT molecular complexity index is 1300. The monoisotopic (exact) mass is 560 g/mol. The number of thioether (sulfide) groups is 1. The normalized spacial score (nSPS) is 30.9. The van der Waals surface area contributed by atoms with Gasteiger partial charge in [-0.05, 0) is 111 Å². The summed E-state index contributed by atoms with van der Waals surface area (Å²) >= 11 is 0.922. The number of allylic oxidation sites excluding steroid dienone is 4. The Morgan fingerprint density at radius 1 is 1.12 bits per heavy atom. The minimum atomic E-state index is -1.23. The molecule has 1 aromatic carbocycles. The Balaban J connectivity index is 1.65. The molecule has 212 valence electrons. The summed E-state index contributed by atoms with van der Waals surface area (Å²) in [5.74, 6) is 0.160. The van der Waals surface area contributed by atoms with Gasteiger partial charge in [-0.2, -0.15) is 5.26 Å². The molecule has 5 rings (SSSR count). The van der Waals surface area contributed by atoms with E-state index in [-0.39, 0.29) is 35.1 Å². The highest BCUT2D eigenvalue weighted by molar-refractivity contribution is 8.04. The van der Waals surface area contributed by atoms with Gasteiger partial charge in [-0.15, -0.1) is 0 Å². The maximum absolute atomic E-state index is 13.9. The van der Waals surface area contributed by atoms with Crippen molar-refractivity contribution in [3.05, 3.63) is 52.6 Å². The molecule has 0 amide bonds. The number of fused-ring (bicyclic) bond motifs is 4. The van der Waals surface area contributed by atoms with E-state index in [4.69, 9.17) is 4.74 Å². The average Bonchev–Trinajstić information content (AvgIpc) is 3.24. The maximum Gasteiger partial charge on any atom is 0.303 e. The van der Waals surface area contributed by atoms with Crippen molar-refractivity contribution in [2.75, 3.05) is 23.7 Å². The lowest BCUT2D eigenvalue weighted by Gasteiger charge is -2.55. The van der Waals surface area contributed by atoms with Crippen LogP contribution in [0.1, 0.15) is 84.1 Å². The van der Waals surface area contributed by atoms with E-state index in [9.17, 15) is 19.6 Å². The largest absolute Gasteiger partial charge is 0.451 e. The Labute approximate surface area is 242 Å². The number of nitrogens with zero attached hydrogens (tertiary/aromatic N) is 2. The third-order valence-electron chi connectivity index (χ3n) is 10.3. The molecule has 4 aliphatic rings. The van der Waals surface area contributed by atoms with Gasteiger partial charge < -0.3 is 9.64 Å². The van der Waals surface area contributed by atoms with Crippen LogP contribution in [0.15, 0.2) is 47.1 Å². The fourth-order valence-corrected chi connectivity index (χ4v) is 9.02. The van der Waals surface area contributed by atoms with E-state index >= 15 is 0 Å². The van der Waals surface area contributed by atoms with Crippen LogP contribution in [0.5, 0.6) is 0 Å². The molecule has 7 heteroatoms. The van der Waals surface area contributed by atoms with Crippen molar-refractivity contribution in [2.24, 2.45) is 17.3 Å². The van der Waals surface area contributed by atoms with Crippen LogP contribution in [0.3, 0.4) is 0 Å². The van der Waals surface area contributed by atoms with Crippen LogP contribution in [-0.4, -0.2) is 42.0 Å². The summed E-state index contributed by atoms with van der Waals surface area (Å²) in [5, 5.41) is 11.2. The van der Waals surface area contributed by atoms with E-state index in [0.717, 1.165) is 50.5 Å². The van der Waals surface area contributed by atoms with Crippen molar-refractivity contribution >= 4 is 35.0 Å². The zero-order valence-corrected chi connectivity index (χ0v) is 24.9. The molecule has 0 spiro atoms. The number of hydrogen-bond acceptors (Lipinski definition) is 7. The number of rotatable bonds is 8. The van der Waals surface area contributed by atoms with Crippen molar-refractivity contribution in [1.29, 1.82) is 5.26 Å². The second kappa shape index (κ2) is 11.2. The molecule has 2 saturated carbocycles. The molecule has 5 atom stereocenters. The summed E-state index contributed by atoms with van der Waals surface area (Å²) in [6.07, 6.45) is 6.99. The van der Waals surface area contributed by atoms with Gasteiger partial charge in [0.05, 0.1) is 5.75 Å². The van der Waals surface area contributed by atoms with Gasteiger partial charge in [-0.1, -0.05) is 24.6 Å². The standard InChI is InChI=1S/C33H40N2O4S/c1-5-35(6-2)24-10-7-22(8-11-24)28-18-32(4)29(15-16-33(32,39-21(3)36)30(38)19-40-20-34)27-13-9-23-17-25(37)12-14-26(23)31(27)28/h7-8,10-11,17,27-29H,5-6,9,12-16,18-19H2,1-4H3/t27-,28+,29-,32-,33-/m0/s1. The first-order chi connectivity index (χ1) is 19.2. The molecule has 0 heterocycles. The molecule has 0 bridgehead atoms. The van der Waals surface area contributed by atoms with Gasteiger partial charge in [0.2, 0.25) is 0 Å². The summed E-state index contributed by atoms with van der Waals surface area (Å²) < 4.78 is 6.10. The predicted molar refractivity (Wildman–Crippen MR) is 158 cm³/mol. The number of anilines is 1. The fourth-order valence-electron chi connectivity index (χ4n) is 8.60. The summed E-state index contributed by atoms with van der Waals surface area (Å²) in [7, 11) is 0. The van der Waals surface area contributed by atoms with Gasteiger partial charge in [-0.3, -0.25) is 14.4 Å². The number of carbonyl (C=O) groups excluding carboxylic acids is 3. The minimum absolute atomic E-state index is 0.0168. The van der Waals surface area contributed by atoms with Crippen LogP contribution in [0.25, 0.3) is 0 Å². The zero-order chi connectivity index (χ0) is 28.7. The molecule has 1 aromatic rings. The van der Waals surface area contributed by atoms with Crippen molar-refractivity contribution < 1.29 is 19.1 Å². The van der Waals surface area contributed by atoms with E-state index in [2.05, 4.69) is 49.9 Å². The lowest BCUT2D eigenvalue weighted by atomic mass is 9.50. The van der Waals surface area contributed by atoms with E-state index in [1.807, 2.05) is 11.5 Å². The first-order valence-corrected chi connectivity index (χ1v) is 15.7. The van der Waals surface area contributed by atoms with Crippen LogP contribution in [0.2, 0.25) is 0 Å². The van der Waals surface area contributed by atoms with Crippen LogP contribution in [-0.2, 0) is 19.1 Å². The second-order valence-corrected chi connectivity index (χ2v) is 12.8. The van der Waals surface area contributed by atoms with Crippen LogP contribution in [0.4, 0.5) is 5.69 Å². The molecular formula is C33H40N2O4S. The summed E-state index contributed by atoms with van der Waals surface area (Å²) in [4.78, 5) is 41.1. The van der Waals surface area contributed by atoms with Crippen molar-refractivity contribution in [2.45, 2.75) is 84.2 Å². The number of Topliss-reactive ketones (excluding diaryl/α,β-unsaturated/α-hetero) is 1. The number of esters is 1. The Morgan fingerprint density at radius 3 is 2.50 bits per heavy atom. The van der Waals surface area contributed by atoms with E-state index in [1.165, 1.54) is 34.9 Å². The smallest absolute Gasteiger partial charge is 0.303 e. The lowest BCUT2D eigenvalue weighted by Crippen LogP contribution is -2.58. The topological polar surface area (TPSA) is 87.5 Å². The average molecular weight is 561 g/mol. The molecule has 0 unspecified atom stereocenters. The minimum Gasteiger partial charge on any atom is -0.451 e. The van der Waals surface area contributed by atoms with Gasteiger partial charge in [0.15, 0.2) is 17.2 Å². The number of ether oxygens (including phenoxy) is 1. The fraction of sp³-hybridized carbons (Fsp3) is 0.576. The van der Waals surface area contributed by atoms with E-state index in [1.54, 1.807) is 0 Å². The Kier molecular flexibility index (Phi) is 8.03. The van der Waals surface area contributed by atoms with E-state index < -0.39 is 17.0 Å². The van der Waals surface area contributed by atoms with E-state index in [0.29, 0.717) is 19.3 Å². The molecule has 0 saturated heterocycles. The summed E-state index contributed by atoms with van der Waals surface area (Å²) in [6, 6.07) is 8.86. The molecule has 2 fully saturated rings.